The number of nitrogens with two attached hydrogens (primary N) is 1. The number of carbonyl (C=O) groups excluding carboxylic acids is 1. The van der Waals surface area contributed by atoms with Crippen molar-refractivity contribution >= 4 is 6.09 Å². The van der Waals surface area contributed by atoms with Gasteiger partial charge in [-0.2, -0.15) is 0 Å². The van der Waals surface area contributed by atoms with Gasteiger partial charge in [0.1, 0.15) is 6.61 Å². The molecule has 0 bridgehead atoms. The molecule has 1 aromatic carbocycles. The average Bonchev–Trinajstić information content (AvgIpc) is 2.47. The van der Waals surface area contributed by atoms with Crippen molar-refractivity contribution in [2.75, 3.05) is 13.1 Å². The number of hydrogen-bond donors (Lipinski definition) is 2. The van der Waals surface area contributed by atoms with Crippen molar-refractivity contribution in [3.8, 4) is 0 Å². The first-order chi connectivity index (χ1) is 10.2. The van der Waals surface area contributed by atoms with Gasteiger partial charge in [0.05, 0.1) is 0 Å². The predicted octanol–water partition coefficient (Wildman–Crippen LogP) is 2.03. The number of hydrogen-bond acceptors (Lipinski definition) is 4. The third kappa shape index (κ3) is 3.54. The third-order valence-electron chi connectivity index (χ3n) is 4.75. The van der Waals surface area contributed by atoms with Gasteiger partial charge in [0, 0.05) is 19.1 Å². The Morgan fingerprint density at radius 1 is 1.29 bits per heavy atom. The lowest BCUT2D eigenvalue weighted by atomic mass is 9.60. The van der Waals surface area contributed by atoms with E-state index in [-0.39, 0.29) is 12.1 Å². The first-order valence-electron chi connectivity index (χ1n) is 7.62. The zero-order valence-corrected chi connectivity index (χ0v) is 12.3. The molecule has 3 N–H and O–H groups in total. The van der Waals surface area contributed by atoms with E-state index in [0.29, 0.717) is 12.0 Å². The van der Waals surface area contributed by atoms with Gasteiger partial charge in [-0.15, -0.1) is 0 Å². The zero-order valence-electron chi connectivity index (χ0n) is 12.3. The lowest BCUT2D eigenvalue weighted by Crippen LogP contribution is -2.55. The summed E-state index contributed by atoms with van der Waals surface area (Å²) in [5, 5.41) is 4.85. The van der Waals surface area contributed by atoms with Crippen molar-refractivity contribution in [2.24, 2.45) is 11.3 Å². The summed E-state index contributed by atoms with van der Waals surface area (Å²) in [6.45, 7) is 2.25. The summed E-state index contributed by atoms with van der Waals surface area (Å²) in [6, 6.07) is 9.99. The minimum atomic E-state index is -0.310. The quantitative estimate of drug-likeness (QED) is 0.836. The molecule has 1 saturated heterocycles. The van der Waals surface area contributed by atoms with E-state index < -0.39 is 0 Å². The lowest BCUT2D eigenvalue weighted by molar-refractivity contribution is 0.00499. The van der Waals surface area contributed by atoms with Crippen molar-refractivity contribution in [1.29, 1.82) is 0 Å². The Labute approximate surface area is 125 Å². The molecule has 2 fully saturated rings. The highest BCUT2D eigenvalue weighted by Crippen LogP contribution is 2.48. The zero-order chi connectivity index (χ0) is 14.7. The number of hydrazine groups is 1. The number of ether oxygens (including phenoxy) is 1. The highest BCUT2D eigenvalue weighted by atomic mass is 16.5. The standard InChI is InChI=1S/C16H23N3O2/c17-19-8-6-16(7-9-19)10-14(11-16)18-15(20)21-12-13-4-2-1-3-5-13/h1-5,14H,6-12,17H2,(H,18,20). The minimum Gasteiger partial charge on any atom is -0.445 e. The second-order valence-corrected chi connectivity index (χ2v) is 6.35. The molecule has 21 heavy (non-hydrogen) atoms. The van der Waals surface area contributed by atoms with E-state index in [1.165, 1.54) is 0 Å². The molecule has 0 radical (unpaired) electrons. The Balaban J connectivity index is 1.37. The number of carbonyl (C=O) groups is 1. The highest BCUT2D eigenvalue weighted by Gasteiger charge is 2.46. The smallest absolute Gasteiger partial charge is 0.407 e. The van der Waals surface area contributed by atoms with Gasteiger partial charge in [-0.3, -0.25) is 5.84 Å². The first kappa shape index (κ1) is 14.4. The van der Waals surface area contributed by atoms with Crippen molar-refractivity contribution in [3.05, 3.63) is 35.9 Å². The molecule has 1 saturated carbocycles. The molecule has 0 aromatic heterocycles. The molecule has 1 aliphatic heterocycles. The van der Waals surface area contributed by atoms with Crippen LogP contribution in [0.1, 0.15) is 31.2 Å². The van der Waals surface area contributed by atoms with Crippen molar-refractivity contribution in [3.63, 3.8) is 0 Å². The maximum atomic E-state index is 11.8. The van der Waals surface area contributed by atoms with Gasteiger partial charge in [-0.25, -0.2) is 9.80 Å². The van der Waals surface area contributed by atoms with Crippen molar-refractivity contribution < 1.29 is 9.53 Å². The van der Waals surface area contributed by atoms with Crippen LogP contribution in [0.25, 0.3) is 0 Å². The first-order valence-corrected chi connectivity index (χ1v) is 7.62. The Morgan fingerprint density at radius 2 is 1.95 bits per heavy atom. The van der Waals surface area contributed by atoms with Crippen LogP contribution in [-0.2, 0) is 11.3 Å². The summed E-state index contributed by atoms with van der Waals surface area (Å²) in [4.78, 5) is 11.8. The second-order valence-electron chi connectivity index (χ2n) is 6.35. The number of piperidine rings is 1. The van der Waals surface area contributed by atoms with Crippen LogP contribution < -0.4 is 11.2 Å². The van der Waals surface area contributed by atoms with E-state index in [1.807, 2.05) is 35.3 Å². The molecule has 5 nitrogen and oxygen atoms in total. The largest absolute Gasteiger partial charge is 0.445 e. The van der Waals surface area contributed by atoms with Crippen LogP contribution in [0.4, 0.5) is 4.79 Å². The molecule has 3 rings (SSSR count). The van der Waals surface area contributed by atoms with Crippen LogP contribution in [0.2, 0.25) is 0 Å². The van der Waals surface area contributed by atoms with E-state index in [9.17, 15) is 4.79 Å². The predicted molar refractivity (Wildman–Crippen MR) is 80.2 cm³/mol. The molecule has 2 aliphatic rings. The molecule has 1 aliphatic carbocycles. The maximum absolute atomic E-state index is 11.8. The van der Waals surface area contributed by atoms with E-state index >= 15 is 0 Å². The molecule has 5 heteroatoms. The molecule has 0 atom stereocenters. The number of rotatable bonds is 3. The fourth-order valence-corrected chi connectivity index (χ4v) is 3.43. The van der Waals surface area contributed by atoms with Gasteiger partial charge < -0.3 is 10.1 Å². The van der Waals surface area contributed by atoms with Crippen LogP contribution in [0.5, 0.6) is 0 Å². The molecule has 0 unspecified atom stereocenters. The lowest BCUT2D eigenvalue weighted by Gasteiger charge is -2.51. The Bertz CT molecular complexity index is 476. The number of alkyl carbamates (subject to hydrolysis) is 1. The molecular weight excluding hydrogens is 266 g/mol. The van der Waals surface area contributed by atoms with Crippen LogP contribution in [0.3, 0.4) is 0 Å². The second kappa shape index (κ2) is 6.03. The summed E-state index contributed by atoms with van der Waals surface area (Å²) in [7, 11) is 0. The molecule has 1 spiro atoms. The monoisotopic (exact) mass is 289 g/mol. The Morgan fingerprint density at radius 3 is 2.62 bits per heavy atom. The number of benzene rings is 1. The number of nitrogens with one attached hydrogen (secondary N) is 1. The topological polar surface area (TPSA) is 67.6 Å². The van der Waals surface area contributed by atoms with Crippen molar-refractivity contribution in [2.45, 2.75) is 38.3 Å². The van der Waals surface area contributed by atoms with Gasteiger partial charge in [-0.05, 0) is 36.7 Å². The van der Waals surface area contributed by atoms with E-state index in [2.05, 4.69) is 5.32 Å². The maximum Gasteiger partial charge on any atom is 0.407 e. The SMILES string of the molecule is NN1CCC2(CC1)CC(NC(=O)OCc1ccccc1)C2. The van der Waals surface area contributed by atoms with Crippen molar-refractivity contribution in [1.82, 2.24) is 10.3 Å². The third-order valence-corrected chi connectivity index (χ3v) is 4.75. The van der Waals surface area contributed by atoms with Crippen LogP contribution >= 0.6 is 0 Å². The summed E-state index contributed by atoms with van der Waals surface area (Å²) >= 11 is 0. The Kier molecular flexibility index (Phi) is 4.12. The number of amides is 1. The van der Waals surface area contributed by atoms with E-state index in [1.54, 1.807) is 0 Å². The van der Waals surface area contributed by atoms with Crippen LogP contribution in [0, 0.1) is 5.41 Å². The van der Waals surface area contributed by atoms with Gasteiger partial charge in [0.2, 0.25) is 0 Å². The molecule has 1 aromatic rings. The normalized spacial score (nSPS) is 21.8. The molecule has 1 heterocycles. The van der Waals surface area contributed by atoms with Gasteiger partial charge in [0.15, 0.2) is 0 Å². The minimum absolute atomic E-state index is 0.262. The summed E-state index contributed by atoms with van der Waals surface area (Å²) < 4.78 is 5.25. The molecule has 1 amide bonds. The fraction of sp³-hybridized carbons (Fsp3) is 0.562. The molecular formula is C16H23N3O2. The van der Waals surface area contributed by atoms with Crippen LogP contribution in [-0.4, -0.2) is 30.2 Å². The Hall–Kier alpha value is -1.59. The van der Waals surface area contributed by atoms with Gasteiger partial charge in [-0.1, -0.05) is 30.3 Å². The highest BCUT2D eigenvalue weighted by molar-refractivity contribution is 5.67. The van der Waals surface area contributed by atoms with Gasteiger partial charge >= 0.3 is 6.09 Å². The van der Waals surface area contributed by atoms with Crippen LogP contribution in [0.15, 0.2) is 30.3 Å². The summed E-state index contributed by atoms with van der Waals surface area (Å²) in [5.41, 5.74) is 1.42. The summed E-state index contributed by atoms with van der Waals surface area (Å²) in [6.07, 6.45) is 4.08. The fourth-order valence-electron chi connectivity index (χ4n) is 3.43. The number of nitrogens with zero attached hydrogens (tertiary/aromatic N) is 1. The average molecular weight is 289 g/mol. The van der Waals surface area contributed by atoms with E-state index in [4.69, 9.17) is 10.6 Å². The van der Waals surface area contributed by atoms with Gasteiger partial charge in [0.25, 0.3) is 0 Å². The molecule has 114 valence electrons. The van der Waals surface area contributed by atoms with E-state index in [0.717, 1.165) is 44.3 Å². The summed E-state index contributed by atoms with van der Waals surface area (Å²) in [5.74, 6) is 5.79.